The van der Waals surface area contributed by atoms with E-state index in [1.54, 1.807) is 32.2 Å². The quantitative estimate of drug-likeness (QED) is 0.821. The molecule has 0 aromatic heterocycles. The lowest BCUT2D eigenvalue weighted by Crippen LogP contribution is -2.26. The van der Waals surface area contributed by atoms with Gasteiger partial charge >= 0.3 is 5.97 Å². The molecular weight excluding hydrogens is 242 g/mol. The zero-order valence-corrected chi connectivity index (χ0v) is 10.6. The number of hydrogen-bond acceptors (Lipinski definition) is 3. The van der Waals surface area contributed by atoms with Crippen LogP contribution >= 0.6 is 11.6 Å². The number of rotatable bonds is 6. The summed E-state index contributed by atoms with van der Waals surface area (Å²) in [5.74, 6) is -0.455. The van der Waals surface area contributed by atoms with Gasteiger partial charge in [0.05, 0.1) is 0 Å². The van der Waals surface area contributed by atoms with Gasteiger partial charge in [-0.05, 0) is 25.6 Å². The second kappa shape index (κ2) is 6.47. The van der Waals surface area contributed by atoms with Crippen LogP contribution in [-0.4, -0.2) is 24.2 Å². The summed E-state index contributed by atoms with van der Waals surface area (Å²) in [6, 6.07) is 5.22. The van der Waals surface area contributed by atoms with Crippen molar-refractivity contribution < 1.29 is 14.6 Å². The van der Waals surface area contributed by atoms with Crippen LogP contribution in [0.2, 0.25) is 5.02 Å². The molecule has 4 nitrogen and oxygen atoms in total. The summed E-state index contributed by atoms with van der Waals surface area (Å²) < 4.78 is 5.47. The normalized spacial score (nSPS) is 12.2. The number of aliphatic carboxylic acids is 1. The lowest BCUT2D eigenvalue weighted by molar-refractivity contribution is -0.145. The third kappa shape index (κ3) is 3.61. The van der Waals surface area contributed by atoms with Crippen LogP contribution in [0, 0.1) is 0 Å². The van der Waals surface area contributed by atoms with E-state index in [9.17, 15) is 4.79 Å². The minimum atomic E-state index is -0.970. The molecule has 0 aliphatic rings. The molecule has 94 valence electrons. The average molecular weight is 258 g/mol. The van der Waals surface area contributed by atoms with Crippen molar-refractivity contribution >= 4 is 17.6 Å². The van der Waals surface area contributed by atoms with Crippen LogP contribution in [0.15, 0.2) is 18.2 Å². The predicted octanol–water partition coefficient (Wildman–Crippen LogP) is 2.30. The molecule has 0 aliphatic carbocycles. The lowest BCUT2D eigenvalue weighted by atomic mass is 10.2. The molecule has 0 saturated carbocycles. The summed E-state index contributed by atoms with van der Waals surface area (Å²) in [7, 11) is 1.79. The molecule has 1 atom stereocenters. The molecule has 0 saturated heterocycles. The molecule has 2 N–H and O–H groups in total. The molecule has 0 spiro atoms. The highest BCUT2D eigenvalue weighted by Gasteiger charge is 2.19. The highest BCUT2D eigenvalue weighted by Crippen LogP contribution is 2.27. The molecule has 5 heteroatoms. The molecule has 0 heterocycles. The Kier molecular flexibility index (Phi) is 5.25. The van der Waals surface area contributed by atoms with Gasteiger partial charge in [-0.3, -0.25) is 0 Å². The zero-order valence-electron chi connectivity index (χ0n) is 9.87. The highest BCUT2D eigenvalue weighted by atomic mass is 35.5. The van der Waals surface area contributed by atoms with Gasteiger partial charge in [0.2, 0.25) is 0 Å². The second-order valence-corrected chi connectivity index (χ2v) is 4.01. The highest BCUT2D eigenvalue weighted by molar-refractivity contribution is 6.31. The topological polar surface area (TPSA) is 58.6 Å². The SMILES string of the molecule is CCC(Oc1cccc(Cl)c1CNC)C(=O)O. The van der Waals surface area contributed by atoms with Gasteiger partial charge in [-0.1, -0.05) is 24.6 Å². The van der Waals surface area contributed by atoms with Gasteiger partial charge in [0.25, 0.3) is 0 Å². The Hall–Kier alpha value is -1.26. The van der Waals surface area contributed by atoms with Crippen LogP contribution in [-0.2, 0) is 11.3 Å². The van der Waals surface area contributed by atoms with Crippen molar-refractivity contribution in [2.75, 3.05) is 7.05 Å². The van der Waals surface area contributed by atoms with Crippen molar-refractivity contribution in [3.8, 4) is 5.75 Å². The van der Waals surface area contributed by atoms with Gasteiger partial charge in [-0.15, -0.1) is 0 Å². The summed E-state index contributed by atoms with van der Waals surface area (Å²) in [6.45, 7) is 2.30. The number of carboxylic acids is 1. The molecular formula is C12H16ClNO3. The van der Waals surface area contributed by atoms with E-state index in [0.717, 1.165) is 5.56 Å². The fourth-order valence-corrected chi connectivity index (χ4v) is 1.69. The molecule has 0 aliphatic heterocycles. The third-order valence-corrected chi connectivity index (χ3v) is 2.70. The number of benzene rings is 1. The van der Waals surface area contributed by atoms with Gasteiger partial charge in [-0.25, -0.2) is 4.79 Å². The monoisotopic (exact) mass is 257 g/mol. The molecule has 1 unspecified atom stereocenters. The fourth-order valence-electron chi connectivity index (χ4n) is 1.46. The maximum absolute atomic E-state index is 10.9. The first kappa shape index (κ1) is 13.8. The van der Waals surface area contributed by atoms with Crippen LogP contribution in [0.5, 0.6) is 5.75 Å². The van der Waals surface area contributed by atoms with Crippen LogP contribution in [0.1, 0.15) is 18.9 Å². The summed E-state index contributed by atoms with van der Waals surface area (Å²) in [5.41, 5.74) is 0.774. The first-order valence-corrected chi connectivity index (χ1v) is 5.79. The Morgan fingerprint density at radius 2 is 2.29 bits per heavy atom. The smallest absolute Gasteiger partial charge is 0.344 e. The van der Waals surface area contributed by atoms with E-state index in [1.165, 1.54) is 0 Å². The Bertz CT molecular complexity index is 395. The minimum absolute atomic E-state index is 0.404. The van der Waals surface area contributed by atoms with Crippen LogP contribution in [0.4, 0.5) is 0 Å². The predicted molar refractivity (Wildman–Crippen MR) is 66.6 cm³/mol. The van der Waals surface area contributed by atoms with E-state index in [-0.39, 0.29) is 0 Å². The summed E-state index contributed by atoms with van der Waals surface area (Å²) in [4.78, 5) is 10.9. The summed E-state index contributed by atoms with van der Waals surface area (Å²) >= 11 is 6.05. The van der Waals surface area contributed by atoms with E-state index in [0.29, 0.717) is 23.7 Å². The second-order valence-electron chi connectivity index (χ2n) is 3.60. The van der Waals surface area contributed by atoms with Crippen LogP contribution in [0.25, 0.3) is 0 Å². The van der Waals surface area contributed by atoms with Crippen molar-refractivity contribution in [1.82, 2.24) is 5.32 Å². The maximum atomic E-state index is 10.9. The molecule has 0 fully saturated rings. The number of halogens is 1. The van der Waals surface area contributed by atoms with Crippen molar-refractivity contribution in [2.45, 2.75) is 26.0 Å². The van der Waals surface area contributed by atoms with Crippen LogP contribution < -0.4 is 10.1 Å². The Morgan fingerprint density at radius 3 is 2.82 bits per heavy atom. The van der Waals surface area contributed by atoms with Gasteiger partial charge in [-0.2, -0.15) is 0 Å². The molecule has 1 aromatic rings. The van der Waals surface area contributed by atoms with Crippen molar-refractivity contribution in [2.24, 2.45) is 0 Å². The molecule has 0 radical (unpaired) electrons. The van der Waals surface area contributed by atoms with Crippen molar-refractivity contribution in [1.29, 1.82) is 0 Å². The van der Waals surface area contributed by atoms with E-state index >= 15 is 0 Å². The van der Waals surface area contributed by atoms with Gasteiger partial charge in [0.15, 0.2) is 6.10 Å². The van der Waals surface area contributed by atoms with Crippen molar-refractivity contribution in [3.63, 3.8) is 0 Å². The molecule has 0 amide bonds. The maximum Gasteiger partial charge on any atom is 0.344 e. The van der Waals surface area contributed by atoms with E-state index in [2.05, 4.69) is 5.32 Å². The first-order valence-electron chi connectivity index (χ1n) is 5.41. The molecule has 1 aromatic carbocycles. The van der Waals surface area contributed by atoms with Gasteiger partial charge < -0.3 is 15.2 Å². The number of carbonyl (C=O) groups is 1. The van der Waals surface area contributed by atoms with Gasteiger partial charge in [0, 0.05) is 17.1 Å². The summed E-state index contributed by atoms with van der Waals surface area (Å²) in [6.07, 6.45) is -0.440. The standard InChI is InChI=1S/C12H16ClNO3/c1-3-10(12(15)16)17-11-6-4-5-9(13)8(11)7-14-2/h4-6,10,14H,3,7H2,1-2H3,(H,15,16). The summed E-state index contributed by atoms with van der Waals surface area (Å²) in [5, 5.41) is 12.5. The number of carboxylic acid groups (broad SMARTS) is 1. The molecule has 1 rings (SSSR count). The first-order chi connectivity index (χ1) is 8.10. The largest absolute Gasteiger partial charge is 0.479 e. The average Bonchev–Trinajstić information content (AvgIpc) is 2.29. The van der Waals surface area contributed by atoms with Crippen LogP contribution in [0.3, 0.4) is 0 Å². The number of ether oxygens (including phenoxy) is 1. The molecule has 0 bridgehead atoms. The third-order valence-electron chi connectivity index (χ3n) is 2.34. The van der Waals surface area contributed by atoms with Crippen molar-refractivity contribution in [3.05, 3.63) is 28.8 Å². The Labute approximate surface area is 106 Å². The number of nitrogens with one attached hydrogen (secondary N) is 1. The Morgan fingerprint density at radius 1 is 1.59 bits per heavy atom. The lowest BCUT2D eigenvalue weighted by Gasteiger charge is -2.17. The van der Waals surface area contributed by atoms with Gasteiger partial charge in [0.1, 0.15) is 5.75 Å². The minimum Gasteiger partial charge on any atom is -0.479 e. The fraction of sp³-hybridized carbons (Fsp3) is 0.417. The Balaban J connectivity index is 2.96. The van der Waals surface area contributed by atoms with E-state index in [1.807, 2.05) is 0 Å². The van der Waals surface area contributed by atoms with E-state index in [4.69, 9.17) is 21.4 Å². The van der Waals surface area contributed by atoms with E-state index < -0.39 is 12.1 Å². The molecule has 17 heavy (non-hydrogen) atoms. The zero-order chi connectivity index (χ0) is 12.8. The number of hydrogen-bond donors (Lipinski definition) is 2.